The van der Waals surface area contributed by atoms with Crippen molar-refractivity contribution >= 4 is 25.1 Å². The minimum Gasteiger partial charge on any atom is -0.344 e. The molecule has 146 valence electrons. The second-order valence-corrected chi connectivity index (χ2v) is 9.20. The van der Waals surface area contributed by atoms with Crippen molar-refractivity contribution in [1.82, 2.24) is 10.2 Å². The molecule has 0 saturated heterocycles. The van der Waals surface area contributed by atoms with E-state index in [0.717, 1.165) is 5.56 Å². The van der Waals surface area contributed by atoms with Crippen LogP contribution in [0.3, 0.4) is 0 Å². The van der Waals surface area contributed by atoms with Gasteiger partial charge in [-0.25, -0.2) is 0 Å². The minimum atomic E-state index is -3.49. The Hall–Kier alpha value is -2.24. The molecule has 0 saturated carbocycles. The molecule has 8 heteroatoms. The van der Waals surface area contributed by atoms with Crippen LogP contribution in [0.2, 0.25) is 0 Å². The van der Waals surface area contributed by atoms with Gasteiger partial charge < -0.3 is 10.2 Å². The first-order chi connectivity index (χ1) is 12.8. The molecule has 2 N–H and O–H groups in total. The molecule has 1 heterocycles. The highest BCUT2D eigenvalue weighted by molar-refractivity contribution is 7.57. The summed E-state index contributed by atoms with van der Waals surface area (Å²) in [5, 5.41) is 2.67. The maximum Gasteiger partial charge on any atom is 0.253 e. The molecule has 0 aliphatic carbocycles. The summed E-state index contributed by atoms with van der Waals surface area (Å²) in [7, 11) is -3.49. The van der Waals surface area contributed by atoms with Gasteiger partial charge in [0, 0.05) is 38.2 Å². The Labute approximate surface area is 158 Å². The van der Waals surface area contributed by atoms with Gasteiger partial charge in [0.25, 0.3) is 11.8 Å². The van der Waals surface area contributed by atoms with Crippen molar-refractivity contribution < 1.29 is 23.8 Å². The number of rotatable bonds is 10. The van der Waals surface area contributed by atoms with Crippen LogP contribution in [-0.2, 0) is 25.4 Å². The third kappa shape index (κ3) is 6.77. The Morgan fingerprint density at radius 3 is 2.33 bits per heavy atom. The van der Waals surface area contributed by atoms with Gasteiger partial charge in [-0.1, -0.05) is 36.8 Å². The number of benzene rings is 1. The summed E-state index contributed by atoms with van der Waals surface area (Å²) in [5.74, 6) is -1.70. The van der Waals surface area contributed by atoms with E-state index in [9.17, 15) is 23.8 Å². The summed E-state index contributed by atoms with van der Waals surface area (Å²) in [6, 6.07) is 9.26. The van der Waals surface area contributed by atoms with Gasteiger partial charge in [-0.05, 0) is 18.4 Å². The van der Waals surface area contributed by atoms with Crippen LogP contribution in [0.15, 0.2) is 42.5 Å². The summed E-state index contributed by atoms with van der Waals surface area (Å²) in [5.41, 5.74) is 0.882. The molecule has 1 aromatic carbocycles. The first-order valence-corrected chi connectivity index (χ1v) is 11.1. The number of nitrogens with zero attached hydrogens (tertiary/aromatic N) is 1. The topological polar surface area (TPSA) is 104 Å². The molecular formula is C19H25N2O5P. The highest BCUT2D eigenvalue weighted by atomic mass is 31.2. The van der Waals surface area contributed by atoms with Gasteiger partial charge in [0.1, 0.15) is 5.78 Å². The average Bonchev–Trinajstić information content (AvgIpc) is 2.93. The summed E-state index contributed by atoms with van der Waals surface area (Å²) >= 11 is 0. The zero-order chi connectivity index (χ0) is 19.9. The van der Waals surface area contributed by atoms with E-state index < -0.39 is 13.2 Å². The van der Waals surface area contributed by atoms with E-state index >= 15 is 0 Å². The monoisotopic (exact) mass is 392 g/mol. The highest BCUT2D eigenvalue weighted by Gasteiger charge is 2.27. The molecule has 2 rings (SSSR count). The predicted molar refractivity (Wildman–Crippen MR) is 102 cm³/mol. The third-order valence-corrected chi connectivity index (χ3v) is 5.83. The molecule has 0 radical (unpaired) electrons. The first kappa shape index (κ1) is 21.1. The number of carbonyl (C=O) groups is 3. The Kier molecular flexibility index (Phi) is 7.51. The molecule has 27 heavy (non-hydrogen) atoms. The van der Waals surface area contributed by atoms with Gasteiger partial charge in [0.2, 0.25) is 13.3 Å². The van der Waals surface area contributed by atoms with Gasteiger partial charge >= 0.3 is 0 Å². The molecule has 0 aromatic heterocycles. The lowest BCUT2D eigenvalue weighted by atomic mass is 10.1. The SMILES string of the molecule is CP(=O)(O)[C@@H](Cc1ccccc1)NC(=O)CCCCCN1C(=O)C=CC1=O. The van der Waals surface area contributed by atoms with Gasteiger partial charge in [-0.3, -0.25) is 23.8 Å². The van der Waals surface area contributed by atoms with E-state index in [1.165, 1.54) is 23.7 Å². The lowest BCUT2D eigenvalue weighted by Gasteiger charge is -2.21. The van der Waals surface area contributed by atoms with Crippen molar-refractivity contribution in [3.63, 3.8) is 0 Å². The number of hydrogen-bond acceptors (Lipinski definition) is 4. The number of hydrogen-bond donors (Lipinski definition) is 2. The highest BCUT2D eigenvalue weighted by Crippen LogP contribution is 2.41. The molecule has 3 amide bonds. The maximum atomic E-state index is 12.1. The normalized spacial score (nSPS) is 17.0. The standard InChI is InChI=1S/C19H25N2O5P/c1-27(25,26)17(14-15-8-4-2-5-9-15)20-16(22)10-6-3-7-13-21-18(23)11-12-19(21)24/h2,4-5,8-9,11-12,17H,3,6-7,10,13-14H2,1H3,(H,20,22)(H,25,26)/t17-/m0/s1. The van der Waals surface area contributed by atoms with Crippen LogP contribution in [0.4, 0.5) is 0 Å². The van der Waals surface area contributed by atoms with Gasteiger partial charge in [0.15, 0.2) is 0 Å². The van der Waals surface area contributed by atoms with Crippen molar-refractivity contribution in [3.8, 4) is 0 Å². The van der Waals surface area contributed by atoms with E-state index in [2.05, 4.69) is 5.32 Å². The predicted octanol–water partition coefficient (Wildman–Crippen LogP) is 2.06. The van der Waals surface area contributed by atoms with E-state index in [0.29, 0.717) is 32.2 Å². The molecule has 0 fully saturated rings. The largest absolute Gasteiger partial charge is 0.344 e. The van der Waals surface area contributed by atoms with Crippen LogP contribution in [-0.4, -0.2) is 46.5 Å². The Morgan fingerprint density at radius 2 is 1.74 bits per heavy atom. The smallest absolute Gasteiger partial charge is 0.253 e. The van der Waals surface area contributed by atoms with E-state index in [4.69, 9.17) is 0 Å². The summed E-state index contributed by atoms with van der Waals surface area (Å²) in [4.78, 5) is 46.1. The van der Waals surface area contributed by atoms with Crippen LogP contribution in [0.25, 0.3) is 0 Å². The van der Waals surface area contributed by atoms with Crippen LogP contribution in [0.1, 0.15) is 31.2 Å². The molecule has 0 spiro atoms. The summed E-state index contributed by atoms with van der Waals surface area (Å²) in [6.45, 7) is 1.59. The molecule has 1 aliphatic rings. The zero-order valence-electron chi connectivity index (χ0n) is 15.3. The van der Waals surface area contributed by atoms with Crippen molar-refractivity contribution in [3.05, 3.63) is 48.0 Å². The second-order valence-electron chi connectivity index (χ2n) is 6.69. The Bertz CT molecular complexity index is 739. The van der Waals surface area contributed by atoms with Crippen LogP contribution < -0.4 is 5.32 Å². The average molecular weight is 392 g/mol. The lowest BCUT2D eigenvalue weighted by molar-refractivity contribution is -0.137. The van der Waals surface area contributed by atoms with E-state index in [1.54, 1.807) is 0 Å². The van der Waals surface area contributed by atoms with Gasteiger partial charge in [-0.2, -0.15) is 0 Å². The van der Waals surface area contributed by atoms with Crippen LogP contribution >= 0.6 is 7.37 Å². The fraction of sp³-hybridized carbons (Fsp3) is 0.421. The maximum absolute atomic E-state index is 12.1. The number of nitrogens with one attached hydrogen (secondary N) is 1. The van der Waals surface area contributed by atoms with E-state index in [-0.39, 0.29) is 24.1 Å². The number of amides is 3. The Balaban J connectivity index is 1.73. The van der Waals surface area contributed by atoms with Gasteiger partial charge in [-0.15, -0.1) is 0 Å². The molecule has 0 bridgehead atoms. The lowest BCUT2D eigenvalue weighted by Crippen LogP contribution is -2.36. The molecule has 1 aliphatic heterocycles. The fourth-order valence-electron chi connectivity index (χ4n) is 2.82. The molecule has 1 unspecified atom stereocenters. The summed E-state index contributed by atoms with van der Waals surface area (Å²) in [6.07, 6.45) is 4.89. The molecule has 2 atom stereocenters. The van der Waals surface area contributed by atoms with Crippen molar-refractivity contribution in [2.24, 2.45) is 0 Å². The van der Waals surface area contributed by atoms with E-state index in [1.807, 2.05) is 30.3 Å². The summed E-state index contributed by atoms with van der Waals surface area (Å²) < 4.78 is 12.1. The third-order valence-electron chi connectivity index (χ3n) is 4.36. The van der Waals surface area contributed by atoms with Crippen molar-refractivity contribution in [2.75, 3.05) is 13.2 Å². The molecule has 1 aromatic rings. The van der Waals surface area contributed by atoms with Gasteiger partial charge in [0.05, 0.1) is 0 Å². The Morgan fingerprint density at radius 1 is 1.11 bits per heavy atom. The fourth-order valence-corrected chi connectivity index (χ4v) is 3.75. The van der Waals surface area contributed by atoms with Crippen LogP contribution in [0.5, 0.6) is 0 Å². The number of imide groups is 1. The number of carbonyl (C=O) groups excluding carboxylic acids is 3. The molecule has 7 nitrogen and oxygen atoms in total. The minimum absolute atomic E-state index is 0.228. The number of unbranched alkanes of at least 4 members (excludes halogenated alkanes) is 2. The zero-order valence-corrected chi connectivity index (χ0v) is 16.2. The molecular weight excluding hydrogens is 367 g/mol. The quantitative estimate of drug-likeness (QED) is 0.360. The van der Waals surface area contributed by atoms with Crippen molar-refractivity contribution in [2.45, 2.75) is 37.9 Å². The van der Waals surface area contributed by atoms with Crippen molar-refractivity contribution in [1.29, 1.82) is 0 Å². The second kappa shape index (κ2) is 9.62. The van der Waals surface area contributed by atoms with Crippen LogP contribution in [0, 0.1) is 0 Å². The first-order valence-electron chi connectivity index (χ1n) is 8.94.